The predicted molar refractivity (Wildman–Crippen MR) is 78.2 cm³/mol. The SMILES string of the molecule is CCOC(=O)c1cccc(NC(=O)C2COCC2NC)c1. The number of anilines is 1. The van der Waals surface area contributed by atoms with Crippen LogP contribution in [0.3, 0.4) is 0 Å². The van der Waals surface area contributed by atoms with Crippen LogP contribution < -0.4 is 10.6 Å². The van der Waals surface area contributed by atoms with Crippen LogP contribution in [0.15, 0.2) is 24.3 Å². The number of rotatable bonds is 5. The largest absolute Gasteiger partial charge is 0.462 e. The van der Waals surface area contributed by atoms with Crippen molar-refractivity contribution in [3.05, 3.63) is 29.8 Å². The van der Waals surface area contributed by atoms with E-state index in [-0.39, 0.29) is 17.9 Å². The van der Waals surface area contributed by atoms with E-state index in [1.54, 1.807) is 38.2 Å². The molecule has 114 valence electrons. The first-order valence-corrected chi connectivity index (χ1v) is 6.98. The van der Waals surface area contributed by atoms with Crippen molar-refractivity contribution in [2.45, 2.75) is 13.0 Å². The number of nitrogens with one attached hydrogen (secondary N) is 2. The number of carbonyl (C=O) groups is 2. The van der Waals surface area contributed by atoms with E-state index in [4.69, 9.17) is 9.47 Å². The van der Waals surface area contributed by atoms with E-state index in [9.17, 15) is 9.59 Å². The molecule has 1 aromatic carbocycles. The van der Waals surface area contributed by atoms with Gasteiger partial charge in [0.1, 0.15) is 0 Å². The molecule has 6 nitrogen and oxygen atoms in total. The van der Waals surface area contributed by atoms with Crippen molar-refractivity contribution in [3.63, 3.8) is 0 Å². The normalized spacial score (nSPS) is 21.0. The fraction of sp³-hybridized carbons (Fsp3) is 0.467. The second kappa shape index (κ2) is 7.19. The fourth-order valence-electron chi connectivity index (χ4n) is 2.27. The van der Waals surface area contributed by atoms with Crippen LogP contribution in [0.1, 0.15) is 17.3 Å². The molecule has 1 saturated heterocycles. The summed E-state index contributed by atoms with van der Waals surface area (Å²) in [5.41, 5.74) is 0.995. The highest BCUT2D eigenvalue weighted by Crippen LogP contribution is 2.18. The number of likely N-dealkylation sites (N-methyl/N-ethyl adjacent to an activating group) is 1. The van der Waals surface area contributed by atoms with Crippen molar-refractivity contribution >= 4 is 17.6 Å². The number of ether oxygens (including phenoxy) is 2. The average molecular weight is 292 g/mol. The lowest BCUT2D eigenvalue weighted by molar-refractivity contribution is -0.120. The maximum Gasteiger partial charge on any atom is 0.338 e. The Hall–Kier alpha value is -1.92. The molecule has 1 heterocycles. The molecule has 2 atom stereocenters. The molecule has 0 bridgehead atoms. The monoisotopic (exact) mass is 292 g/mol. The molecule has 0 saturated carbocycles. The van der Waals surface area contributed by atoms with E-state index < -0.39 is 5.97 Å². The molecule has 2 unspecified atom stereocenters. The highest BCUT2D eigenvalue weighted by Gasteiger charge is 2.32. The van der Waals surface area contributed by atoms with Gasteiger partial charge in [-0.2, -0.15) is 0 Å². The van der Waals surface area contributed by atoms with Gasteiger partial charge in [-0.15, -0.1) is 0 Å². The van der Waals surface area contributed by atoms with Gasteiger partial charge in [-0.25, -0.2) is 4.79 Å². The van der Waals surface area contributed by atoms with Crippen LogP contribution in [0.2, 0.25) is 0 Å². The van der Waals surface area contributed by atoms with Gasteiger partial charge in [0.05, 0.1) is 31.3 Å². The van der Waals surface area contributed by atoms with Crippen LogP contribution in [-0.2, 0) is 14.3 Å². The molecule has 0 aliphatic carbocycles. The maximum atomic E-state index is 12.2. The lowest BCUT2D eigenvalue weighted by Gasteiger charge is -2.16. The number of hydrogen-bond donors (Lipinski definition) is 2. The third-order valence-corrected chi connectivity index (χ3v) is 3.43. The van der Waals surface area contributed by atoms with E-state index in [0.29, 0.717) is 31.1 Å². The number of carbonyl (C=O) groups excluding carboxylic acids is 2. The van der Waals surface area contributed by atoms with Crippen molar-refractivity contribution in [2.75, 3.05) is 32.2 Å². The van der Waals surface area contributed by atoms with E-state index in [1.165, 1.54) is 0 Å². The summed E-state index contributed by atoms with van der Waals surface area (Å²) in [7, 11) is 1.81. The Morgan fingerprint density at radius 1 is 1.38 bits per heavy atom. The molecule has 2 rings (SSSR count). The summed E-state index contributed by atoms with van der Waals surface area (Å²) in [4.78, 5) is 23.9. The molecule has 1 aromatic rings. The van der Waals surface area contributed by atoms with Gasteiger partial charge in [-0.05, 0) is 32.2 Å². The van der Waals surface area contributed by atoms with Gasteiger partial charge >= 0.3 is 5.97 Å². The minimum Gasteiger partial charge on any atom is -0.462 e. The Balaban J connectivity index is 2.04. The quantitative estimate of drug-likeness (QED) is 0.793. The fourth-order valence-corrected chi connectivity index (χ4v) is 2.27. The standard InChI is InChI=1S/C15H20N2O4/c1-3-21-15(19)10-5-4-6-11(7-10)17-14(18)12-8-20-9-13(12)16-2/h4-7,12-13,16H,3,8-9H2,1-2H3,(H,17,18). The Morgan fingerprint density at radius 2 is 2.19 bits per heavy atom. The molecule has 1 fully saturated rings. The van der Waals surface area contributed by atoms with Crippen LogP contribution in [0, 0.1) is 5.92 Å². The van der Waals surface area contributed by atoms with Gasteiger partial charge in [-0.1, -0.05) is 6.07 Å². The number of amides is 1. The molecule has 0 aromatic heterocycles. The van der Waals surface area contributed by atoms with Crippen molar-refractivity contribution in [2.24, 2.45) is 5.92 Å². The van der Waals surface area contributed by atoms with Crippen molar-refractivity contribution in [3.8, 4) is 0 Å². The zero-order valence-electron chi connectivity index (χ0n) is 12.2. The molecule has 1 aliphatic rings. The maximum absolute atomic E-state index is 12.2. The Morgan fingerprint density at radius 3 is 2.90 bits per heavy atom. The lowest BCUT2D eigenvalue weighted by atomic mass is 10.0. The third kappa shape index (κ3) is 3.80. The highest BCUT2D eigenvalue weighted by molar-refractivity contribution is 5.96. The van der Waals surface area contributed by atoms with E-state index in [1.807, 2.05) is 0 Å². The van der Waals surface area contributed by atoms with Crippen LogP contribution >= 0.6 is 0 Å². The first-order chi connectivity index (χ1) is 10.2. The summed E-state index contributed by atoms with van der Waals surface area (Å²) in [6, 6.07) is 6.73. The zero-order valence-corrected chi connectivity index (χ0v) is 12.2. The van der Waals surface area contributed by atoms with E-state index >= 15 is 0 Å². The highest BCUT2D eigenvalue weighted by atomic mass is 16.5. The van der Waals surface area contributed by atoms with Gasteiger partial charge in [0.2, 0.25) is 5.91 Å². The van der Waals surface area contributed by atoms with Crippen LogP contribution in [0.25, 0.3) is 0 Å². The van der Waals surface area contributed by atoms with Crippen LogP contribution in [0.4, 0.5) is 5.69 Å². The Bertz CT molecular complexity index is 518. The molecule has 2 N–H and O–H groups in total. The Labute approximate surface area is 123 Å². The van der Waals surface area contributed by atoms with Gasteiger partial charge in [0.15, 0.2) is 0 Å². The number of esters is 1. The molecule has 0 radical (unpaired) electrons. The smallest absolute Gasteiger partial charge is 0.338 e. The predicted octanol–water partition coefficient (Wildman–Crippen LogP) is 1.04. The average Bonchev–Trinajstić information content (AvgIpc) is 2.96. The van der Waals surface area contributed by atoms with Gasteiger partial charge in [-0.3, -0.25) is 4.79 Å². The second-order valence-electron chi connectivity index (χ2n) is 4.83. The van der Waals surface area contributed by atoms with Crippen molar-refractivity contribution in [1.29, 1.82) is 0 Å². The first kappa shape index (κ1) is 15.5. The summed E-state index contributed by atoms with van der Waals surface area (Å²) in [5, 5.41) is 5.89. The minimum absolute atomic E-state index is 0.0123. The van der Waals surface area contributed by atoms with Gasteiger partial charge in [0, 0.05) is 11.7 Å². The van der Waals surface area contributed by atoms with Crippen molar-refractivity contribution < 1.29 is 19.1 Å². The summed E-state index contributed by atoms with van der Waals surface area (Å²) < 4.78 is 10.3. The van der Waals surface area contributed by atoms with Gasteiger partial charge in [0.25, 0.3) is 0 Å². The second-order valence-corrected chi connectivity index (χ2v) is 4.83. The first-order valence-electron chi connectivity index (χ1n) is 6.98. The zero-order chi connectivity index (χ0) is 15.2. The number of benzene rings is 1. The molecule has 21 heavy (non-hydrogen) atoms. The minimum atomic E-state index is -0.397. The lowest BCUT2D eigenvalue weighted by Crippen LogP contribution is -2.39. The summed E-state index contributed by atoms with van der Waals surface area (Å²) in [6.07, 6.45) is 0. The van der Waals surface area contributed by atoms with Crippen LogP contribution in [0.5, 0.6) is 0 Å². The molecule has 1 amide bonds. The Kier molecular flexibility index (Phi) is 5.30. The van der Waals surface area contributed by atoms with Gasteiger partial charge < -0.3 is 20.1 Å². The molecular formula is C15H20N2O4. The van der Waals surface area contributed by atoms with E-state index in [0.717, 1.165) is 0 Å². The van der Waals surface area contributed by atoms with Crippen molar-refractivity contribution in [1.82, 2.24) is 5.32 Å². The third-order valence-electron chi connectivity index (χ3n) is 3.43. The summed E-state index contributed by atoms with van der Waals surface area (Å²) in [5.74, 6) is -0.750. The van der Waals surface area contributed by atoms with E-state index in [2.05, 4.69) is 10.6 Å². The molecule has 0 spiro atoms. The summed E-state index contributed by atoms with van der Waals surface area (Å²) in [6.45, 7) is 2.99. The molecule has 1 aliphatic heterocycles. The molecular weight excluding hydrogens is 272 g/mol. The number of hydrogen-bond acceptors (Lipinski definition) is 5. The summed E-state index contributed by atoms with van der Waals surface area (Å²) >= 11 is 0. The topological polar surface area (TPSA) is 76.7 Å². The molecule has 6 heteroatoms. The van der Waals surface area contributed by atoms with Crippen LogP contribution in [-0.4, -0.2) is 44.8 Å².